The third-order valence-electron chi connectivity index (χ3n) is 3.13. The number of pyridine rings is 1. The first kappa shape index (κ1) is 14.8. The summed E-state index contributed by atoms with van der Waals surface area (Å²) >= 11 is 0. The Bertz CT molecular complexity index is 671. The fraction of sp³-hybridized carbons (Fsp3) is 0.267. The van der Waals surface area contributed by atoms with Gasteiger partial charge in [0.05, 0.1) is 10.6 Å². The van der Waals surface area contributed by atoms with Gasteiger partial charge in [0.25, 0.3) is 5.69 Å². The van der Waals surface area contributed by atoms with Crippen LogP contribution in [0.25, 0.3) is 0 Å². The zero-order valence-corrected chi connectivity index (χ0v) is 12.2. The van der Waals surface area contributed by atoms with Crippen LogP contribution in [0.2, 0.25) is 0 Å². The predicted molar refractivity (Wildman–Crippen MR) is 80.7 cm³/mol. The van der Waals surface area contributed by atoms with E-state index in [1.165, 1.54) is 6.07 Å². The molecule has 0 aliphatic rings. The van der Waals surface area contributed by atoms with E-state index in [1.807, 2.05) is 18.2 Å². The molecule has 6 nitrogen and oxygen atoms in total. The van der Waals surface area contributed by atoms with Gasteiger partial charge in [0, 0.05) is 18.7 Å². The van der Waals surface area contributed by atoms with Gasteiger partial charge >= 0.3 is 0 Å². The van der Waals surface area contributed by atoms with E-state index in [0.29, 0.717) is 17.9 Å². The Kier molecular flexibility index (Phi) is 4.37. The van der Waals surface area contributed by atoms with Crippen LogP contribution in [0.15, 0.2) is 30.3 Å². The molecule has 0 aliphatic heterocycles. The van der Waals surface area contributed by atoms with Crippen molar-refractivity contribution in [2.75, 3.05) is 12.4 Å². The molecule has 0 amide bonds. The quantitative estimate of drug-likeness (QED) is 0.674. The lowest BCUT2D eigenvalue weighted by Gasteiger charge is -2.10. The van der Waals surface area contributed by atoms with Crippen molar-refractivity contribution < 1.29 is 9.66 Å². The largest absolute Gasteiger partial charge is 0.487 e. The highest BCUT2D eigenvalue weighted by Crippen LogP contribution is 2.28. The maximum absolute atomic E-state index is 10.9. The van der Waals surface area contributed by atoms with Crippen LogP contribution in [0.4, 0.5) is 11.5 Å². The Labute approximate surface area is 122 Å². The topological polar surface area (TPSA) is 77.3 Å². The van der Waals surface area contributed by atoms with Gasteiger partial charge in [-0.3, -0.25) is 10.1 Å². The van der Waals surface area contributed by atoms with Crippen molar-refractivity contribution in [1.82, 2.24) is 4.98 Å². The number of nitrogens with one attached hydrogen (secondary N) is 1. The lowest BCUT2D eigenvalue weighted by molar-refractivity contribution is -0.385. The number of nitro groups is 1. The molecule has 0 saturated carbocycles. The summed E-state index contributed by atoms with van der Waals surface area (Å²) in [7, 11) is 1.80. The van der Waals surface area contributed by atoms with Gasteiger partial charge < -0.3 is 10.1 Å². The van der Waals surface area contributed by atoms with Gasteiger partial charge in [-0.25, -0.2) is 4.98 Å². The van der Waals surface area contributed by atoms with Crippen LogP contribution in [-0.4, -0.2) is 17.0 Å². The predicted octanol–water partition coefficient (Wildman–Crippen LogP) is 3.23. The zero-order valence-electron chi connectivity index (χ0n) is 12.2. The number of nitrogens with zero attached hydrogens (tertiary/aromatic N) is 2. The lowest BCUT2D eigenvalue weighted by atomic mass is 10.1. The Balaban J connectivity index is 2.16. The normalized spacial score (nSPS) is 10.2. The second kappa shape index (κ2) is 6.21. The first-order chi connectivity index (χ1) is 10.0. The van der Waals surface area contributed by atoms with E-state index in [0.717, 1.165) is 17.1 Å². The molecule has 0 aliphatic carbocycles. The van der Waals surface area contributed by atoms with Crippen LogP contribution in [0.3, 0.4) is 0 Å². The number of anilines is 1. The molecule has 0 spiro atoms. The number of ether oxygens (including phenoxy) is 1. The summed E-state index contributed by atoms with van der Waals surface area (Å²) in [5.41, 5.74) is 2.21. The average molecular weight is 287 g/mol. The summed E-state index contributed by atoms with van der Waals surface area (Å²) in [4.78, 5) is 14.9. The number of hydrogen-bond acceptors (Lipinski definition) is 5. The molecule has 1 heterocycles. The van der Waals surface area contributed by atoms with E-state index >= 15 is 0 Å². The highest BCUT2D eigenvalue weighted by Gasteiger charge is 2.14. The van der Waals surface area contributed by atoms with Gasteiger partial charge in [-0.05, 0) is 37.6 Å². The number of hydrogen-bond donors (Lipinski definition) is 1. The summed E-state index contributed by atoms with van der Waals surface area (Å²) in [5, 5.41) is 13.8. The van der Waals surface area contributed by atoms with Crippen molar-refractivity contribution in [1.29, 1.82) is 0 Å². The molecule has 21 heavy (non-hydrogen) atoms. The molecule has 0 bridgehead atoms. The lowest BCUT2D eigenvalue weighted by Crippen LogP contribution is -2.02. The van der Waals surface area contributed by atoms with E-state index in [-0.39, 0.29) is 10.6 Å². The van der Waals surface area contributed by atoms with Gasteiger partial charge in [0.1, 0.15) is 18.2 Å². The molecule has 2 aromatic rings. The second-order valence-electron chi connectivity index (χ2n) is 4.71. The summed E-state index contributed by atoms with van der Waals surface area (Å²) in [6.45, 7) is 3.80. The zero-order chi connectivity index (χ0) is 15.4. The third kappa shape index (κ3) is 3.47. The number of benzene rings is 1. The van der Waals surface area contributed by atoms with E-state index < -0.39 is 0 Å². The van der Waals surface area contributed by atoms with Crippen LogP contribution < -0.4 is 10.1 Å². The fourth-order valence-corrected chi connectivity index (χ4v) is 1.98. The van der Waals surface area contributed by atoms with Crippen molar-refractivity contribution in [2.45, 2.75) is 20.5 Å². The Hall–Kier alpha value is -2.63. The number of nitro benzene ring substituents is 1. The Morgan fingerprint density at radius 3 is 2.71 bits per heavy atom. The molecule has 0 atom stereocenters. The van der Waals surface area contributed by atoms with E-state index in [9.17, 15) is 10.1 Å². The Morgan fingerprint density at radius 2 is 2.05 bits per heavy atom. The molecule has 0 unspecified atom stereocenters. The minimum Gasteiger partial charge on any atom is -0.487 e. The van der Waals surface area contributed by atoms with Gasteiger partial charge in [-0.2, -0.15) is 0 Å². The van der Waals surface area contributed by atoms with E-state index in [1.54, 1.807) is 27.0 Å². The van der Waals surface area contributed by atoms with Gasteiger partial charge in [0.15, 0.2) is 0 Å². The molecular weight excluding hydrogens is 270 g/mol. The van der Waals surface area contributed by atoms with Crippen molar-refractivity contribution in [3.63, 3.8) is 0 Å². The first-order valence-corrected chi connectivity index (χ1v) is 6.53. The fourth-order valence-electron chi connectivity index (χ4n) is 1.98. The van der Waals surface area contributed by atoms with Crippen LogP contribution >= 0.6 is 0 Å². The highest BCUT2D eigenvalue weighted by atomic mass is 16.6. The van der Waals surface area contributed by atoms with Crippen LogP contribution in [-0.2, 0) is 6.61 Å². The summed E-state index contributed by atoms with van der Waals surface area (Å²) in [6, 6.07) is 8.85. The average Bonchev–Trinajstić information content (AvgIpc) is 2.47. The van der Waals surface area contributed by atoms with Crippen LogP contribution in [0, 0.1) is 24.0 Å². The van der Waals surface area contributed by atoms with Gasteiger partial charge in [-0.15, -0.1) is 0 Å². The smallest absolute Gasteiger partial charge is 0.272 e. The maximum atomic E-state index is 10.9. The minimum atomic E-state index is -0.385. The molecule has 0 fully saturated rings. The molecule has 1 aromatic heterocycles. The van der Waals surface area contributed by atoms with Gasteiger partial charge in [-0.1, -0.05) is 6.07 Å². The van der Waals surface area contributed by atoms with Crippen molar-refractivity contribution >= 4 is 11.5 Å². The van der Waals surface area contributed by atoms with Gasteiger partial charge in [0.2, 0.25) is 0 Å². The molecule has 6 heteroatoms. The standard InChI is InChI=1S/C15H17N3O3/c1-10-8-14(11(2)7-13(10)18(19)20)21-9-12-5-4-6-15(16-3)17-12/h4-8H,9H2,1-3H3,(H,16,17). The third-order valence-corrected chi connectivity index (χ3v) is 3.13. The Morgan fingerprint density at radius 1 is 1.29 bits per heavy atom. The molecule has 110 valence electrons. The number of aromatic nitrogens is 1. The molecule has 1 N–H and O–H groups in total. The molecule has 1 aromatic carbocycles. The molecular formula is C15H17N3O3. The second-order valence-corrected chi connectivity index (χ2v) is 4.71. The number of rotatable bonds is 5. The van der Waals surface area contributed by atoms with Crippen molar-refractivity contribution in [3.8, 4) is 5.75 Å². The minimum absolute atomic E-state index is 0.107. The van der Waals surface area contributed by atoms with E-state index in [2.05, 4.69) is 10.3 Å². The molecule has 0 radical (unpaired) electrons. The first-order valence-electron chi connectivity index (χ1n) is 6.53. The van der Waals surface area contributed by atoms with E-state index in [4.69, 9.17) is 4.74 Å². The summed E-state index contributed by atoms with van der Waals surface area (Å²) < 4.78 is 5.73. The van der Waals surface area contributed by atoms with Crippen molar-refractivity contribution in [3.05, 3.63) is 57.3 Å². The SMILES string of the molecule is CNc1cccc(COc2cc(C)c([N+](=O)[O-])cc2C)n1. The summed E-state index contributed by atoms with van der Waals surface area (Å²) in [6.07, 6.45) is 0. The summed E-state index contributed by atoms with van der Waals surface area (Å²) in [5.74, 6) is 1.41. The molecule has 0 saturated heterocycles. The highest BCUT2D eigenvalue weighted by molar-refractivity contribution is 5.49. The van der Waals surface area contributed by atoms with Crippen LogP contribution in [0.1, 0.15) is 16.8 Å². The molecule has 2 rings (SSSR count). The number of aryl methyl sites for hydroxylation is 2. The van der Waals surface area contributed by atoms with Crippen LogP contribution in [0.5, 0.6) is 5.75 Å². The monoisotopic (exact) mass is 287 g/mol. The maximum Gasteiger partial charge on any atom is 0.272 e. The van der Waals surface area contributed by atoms with Crippen molar-refractivity contribution in [2.24, 2.45) is 0 Å².